The minimum absolute atomic E-state index is 0.0475. The molecule has 0 aliphatic carbocycles. The summed E-state index contributed by atoms with van der Waals surface area (Å²) in [6.45, 7) is 0. The molecule has 9 heteroatoms. The highest BCUT2D eigenvalue weighted by Gasteiger charge is 2.23. The first-order valence-electron chi connectivity index (χ1n) is 5.62. The number of H-pyrrole nitrogens is 1. The summed E-state index contributed by atoms with van der Waals surface area (Å²) >= 11 is 0.984. The molecule has 0 fully saturated rings. The Balaban J connectivity index is 2.22. The number of hydrogen-bond acceptors (Lipinski definition) is 6. The van der Waals surface area contributed by atoms with E-state index >= 15 is 0 Å². The van der Waals surface area contributed by atoms with Crippen molar-refractivity contribution in [2.45, 2.75) is 4.21 Å². The normalized spacial score (nSPS) is 11.6. The Hall–Kier alpha value is -2.57. The highest BCUT2D eigenvalue weighted by molar-refractivity contribution is 7.92. The van der Waals surface area contributed by atoms with Crippen LogP contribution in [0.4, 0.5) is 0 Å². The SMILES string of the molecule is N#Cc1ccc2sc(S(=O)(=O)n3cc(O)[nH]c3=O)cc2c1. The zero-order valence-electron chi connectivity index (χ0n) is 10.3. The highest BCUT2D eigenvalue weighted by Crippen LogP contribution is 2.30. The fourth-order valence-corrected chi connectivity index (χ4v) is 4.54. The molecule has 0 amide bonds. The lowest BCUT2D eigenvalue weighted by molar-refractivity contribution is 0.455. The maximum Gasteiger partial charge on any atom is 0.342 e. The highest BCUT2D eigenvalue weighted by atomic mass is 32.2. The maximum atomic E-state index is 12.4. The van der Waals surface area contributed by atoms with Crippen LogP contribution in [0.2, 0.25) is 0 Å². The lowest BCUT2D eigenvalue weighted by atomic mass is 10.2. The number of fused-ring (bicyclic) bond motifs is 1. The summed E-state index contributed by atoms with van der Waals surface area (Å²) < 4.78 is 25.8. The lowest BCUT2D eigenvalue weighted by Gasteiger charge is -1.99. The van der Waals surface area contributed by atoms with E-state index < -0.39 is 21.6 Å². The molecule has 0 aliphatic heterocycles. The summed E-state index contributed by atoms with van der Waals surface area (Å²) in [6, 6.07) is 8.17. The molecule has 0 saturated heterocycles. The summed E-state index contributed by atoms with van der Waals surface area (Å²) in [5.41, 5.74) is -0.525. The summed E-state index contributed by atoms with van der Waals surface area (Å²) in [5.74, 6) is -0.531. The third kappa shape index (κ3) is 2.10. The Labute approximate surface area is 122 Å². The molecule has 0 radical (unpaired) electrons. The van der Waals surface area contributed by atoms with Crippen LogP contribution >= 0.6 is 11.3 Å². The Morgan fingerprint density at radius 2 is 2.10 bits per heavy atom. The molecule has 0 spiro atoms. The van der Waals surface area contributed by atoms with Crippen LogP contribution in [-0.2, 0) is 10.0 Å². The van der Waals surface area contributed by atoms with Crippen LogP contribution in [0.15, 0.2) is 39.5 Å². The van der Waals surface area contributed by atoms with Gasteiger partial charge in [0.1, 0.15) is 4.21 Å². The van der Waals surface area contributed by atoms with Crippen LogP contribution < -0.4 is 5.69 Å². The van der Waals surface area contributed by atoms with E-state index in [1.54, 1.807) is 18.2 Å². The van der Waals surface area contributed by atoms with E-state index in [2.05, 4.69) is 0 Å². The van der Waals surface area contributed by atoms with Crippen molar-refractivity contribution >= 4 is 31.4 Å². The molecule has 2 heterocycles. The van der Waals surface area contributed by atoms with Crippen molar-refractivity contribution in [2.24, 2.45) is 0 Å². The first-order valence-corrected chi connectivity index (χ1v) is 7.87. The monoisotopic (exact) mass is 321 g/mol. The number of aromatic hydroxyl groups is 1. The van der Waals surface area contributed by atoms with Gasteiger partial charge in [-0.25, -0.2) is 4.79 Å². The quantitative estimate of drug-likeness (QED) is 0.736. The molecule has 3 aromatic rings. The number of nitrogens with one attached hydrogen (secondary N) is 1. The van der Waals surface area contributed by atoms with Gasteiger partial charge in [-0.15, -0.1) is 11.3 Å². The second-order valence-corrected chi connectivity index (χ2v) is 7.30. The minimum atomic E-state index is -4.08. The fraction of sp³-hybridized carbons (Fsp3) is 0. The molecule has 3 rings (SSSR count). The molecule has 21 heavy (non-hydrogen) atoms. The van der Waals surface area contributed by atoms with Crippen molar-refractivity contribution in [1.29, 1.82) is 5.26 Å². The summed E-state index contributed by atoms with van der Waals surface area (Å²) in [7, 11) is -4.08. The smallest absolute Gasteiger partial charge is 0.342 e. The summed E-state index contributed by atoms with van der Waals surface area (Å²) in [6.07, 6.45) is 0.808. The summed E-state index contributed by atoms with van der Waals surface area (Å²) in [5, 5.41) is 18.6. The summed E-state index contributed by atoms with van der Waals surface area (Å²) in [4.78, 5) is 13.5. The number of aromatic amines is 1. The van der Waals surface area contributed by atoms with E-state index in [4.69, 9.17) is 5.26 Å². The van der Waals surface area contributed by atoms with Crippen LogP contribution in [-0.4, -0.2) is 22.5 Å². The molecule has 1 aromatic carbocycles. The molecule has 0 saturated carbocycles. The van der Waals surface area contributed by atoms with Crippen molar-refractivity contribution < 1.29 is 13.5 Å². The Kier molecular flexibility index (Phi) is 2.86. The van der Waals surface area contributed by atoms with Crippen LogP contribution in [0.5, 0.6) is 5.88 Å². The predicted molar refractivity (Wildman–Crippen MR) is 75.8 cm³/mol. The molecule has 7 nitrogen and oxygen atoms in total. The van der Waals surface area contributed by atoms with E-state index in [1.165, 1.54) is 6.07 Å². The van der Waals surface area contributed by atoms with Gasteiger partial charge in [0, 0.05) is 4.70 Å². The average Bonchev–Trinajstić information content (AvgIpc) is 3.01. The van der Waals surface area contributed by atoms with Crippen molar-refractivity contribution in [3.8, 4) is 11.9 Å². The topological polar surface area (TPSA) is 116 Å². The number of thiophene rings is 1. The van der Waals surface area contributed by atoms with Crippen LogP contribution in [0, 0.1) is 11.3 Å². The van der Waals surface area contributed by atoms with Gasteiger partial charge >= 0.3 is 5.69 Å². The molecule has 2 aromatic heterocycles. The standard InChI is InChI=1S/C12H7N3O4S2/c13-5-7-1-2-9-8(3-7)4-11(20-9)21(18,19)15-6-10(16)14-12(15)17/h1-4,6,16H,(H,14,17). The number of benzene rings is 1. The molecular weight excluding hydrogens is 314 g/mol. The van der Waals surface area contributed by atoms with Gasteiger partial charge in [-0.05, 0) is 29.7 Å². The van der Waals surface area contributed by atoms with E-state index in [0.717, 1.165) is 17.5 Å². The van der Waals surface area contributed by atoms with Crippen molar-refractivity contribution in [1.82, 2.24) is 8.96 Å². The van der Waals surface area contributed by atoms with E-state index in [-0.39, 0.29) is 4.21 Å². The van der Waals surface area contributed by atoms with Gasteiger partial charge in [0.2, 0.25) is 5.88 Å². The number of hydrogen-bond donors (Lipinski definition) is 2. The minimum Gasteiger partial charge on any atom is -0.493 e. The number of nitrogens with zero attached hydrogens (tertiary/aromatic N) is 2. The number of nitriles is 1. The van der Waals surface area contributed by atoms with Crippen molar-refractivity contribution in [3.05, 3.63) is 46.5 Å². The Morgan fingerprint density at radius 3 is 2.71 bits per heavy atom. The second kappa shape index (κ2) is 4.47. The second-order valence-electron chi connectivity index (χ2n) is 4.18. The third-order valence-corrected chi connectivity index (χ3v) is 6.02. The fourth-order valence-electron chi connectivity index (χ4n) is 1.86. The number of imidazole rings is 1. The first kappa shape index (κ1) is 13.4. The van der Waals surface area contributed by atoms with Crippen molar-refractivity contribution in [3.63, 3.8) is 0 Å². The van der Waals surface area contributed by atoms with Gasteiger partial charge < -0.3 is 5.11 Å². The number of rotatable bonds is 2. The van der Waals surface area contributed by atoms with E-state index in [0.29, 0.717) is 19.6 Å². The molecule has 0 bridgehead atoms. The Bertz CT molecular complexity index is 1050. The van der Waals surface area contributed by atoms with Gasteiger partial charge in [0.25, 0.3) is 10.0 Å². The maximum absolute atomic E-state index is 12.4. The van der Waals surface area contributed by atoms with Gasteiger partial charge in [-0.1, -0.05) is 0 Å². The molecule has 0 aliphatic rings. The zero-order valence-corrected chi connectivity index (χ0v) is 11.9. The predicted octanol–water partition coefficient (Wildman–Crippen LogP) is 1.21. The molecular formula is C12H7N3O4S2. The zero-order chi connectivity index (χ0) is 15.2. The molecule has 0 atom stereocenters. The van der Waals surface area contributed by atoms with Crippen LogP contribution in [0.1, 0.15) is 5.56 Å². The van der Waals surface area contributed by atoms with E-state index in [1.807, 2.05) is 11.1 Å². The van der Waals surface area contributed by atoms with Crippen LogP contribution in [0.25, 0.3) is 10.1 Å². The molecule has 106 valence electrons. The van der Waals surface area contributed by atoms with Crippen molar-refractivity contribution in [2.75, 3.05) is 0 Å². The van der Waals surface area contributed by atoms with Gasteiger partial charge in [0.15, 0.2) is 0 Å². The van der Waals surface area contributed by atoms with Gasteiger partial charge in [-0.2, -0.15) is 17.7 Å². The lowest BCUT2D eigenvalue weighted by Crippen LogP contribution is -2.23. The Morgan fingerprint density at radius 1 is 1.33 bits per heavy atom. The third-order valence-electron chi connectivity index (χ3n) is 2.81. The van der Waals surface area contributed by atoms with Gasteiger partial charge in [0.05, 0.1) is 17.8 Å². The van der Waals surface area contributed by atoms with Crippen LogP contribution in [0.3, 0.4) is 0 Å². The molecule has 2 N–H and O–H groups in total. The number of aromatic nitrogens is 2. The first-order chi connectivity index (χ1) is 9.91. The average molecular weight is 321 g/mol. The largest absolute Gasteiger partial charge is 0.493 e. The van der Waals surface area contributed by atoms with E-state index in [9.17, 15) is 18.3 Å². The molecule has 0 unspecified atom stereocenters. The van der Waals surface area contributed by atoms with Gasteiger partial charge in [-0.3, -0.25) is 4.98 Å².